The highest BCUT2D eigenvalue weighted by molar-refractivity contribution is 7.83. The van der Waals surface area contributed by atoms with Crippen molar-refractivity contribution in [2.24, 2.45) is 0 Å². The average Bonchev–Trinajstić information content (AvgIpc) is 2.06. The molecule has 0 aliphatic heterocycles. The molecule has 0 heterocycles. The van der Waals surface area contributed by atoms with Crippen molar-refractivity contribution in [2.75, 3.05) is 12.5 Å². The molecule has 0 aromatic carbocycles. The molecule has 0 atom stereocenters. The van der Waals surface area contributed by atoms with E-state index in [1.165, 1.54) is 27.7 Å². The third kappa shape index (κ3) is 418. The molecule has 16 heavy (non-hydrogen) atoms. The van der Waals surface area contributed by atoms with Gasteiger partial charge in [0.1, 0.15) is 0 Å². The molecule has 0 saturated heterocycles. The largest absolute Gasteiger partial charge is 0.260 e. The smallest absolute Gasteiger partial charge is 0.0587 e. The molecule has 0 bridgehead atoms. The Bertz CT molecular complexity index is 223. The summed E-state index contributed by atoms with van der Waals surface area (Å²) in [7, 11) is -0.611. The average molecular weight is 242 g/mol. The molecule has 90 valence electrons. The van der Waals surface area contributed by atoms with Crippen molar-refractivity contribution < 1.29 is 4.21 Å². The van der Waals surface area contributed by atoms with Crippen molar-refractivity contribution in [3.63, 3.8) is 0 Å². The molecule has 0 amide bonds. The fourth-order valence-electron chi connectivity index (χ4n) is 0. The Morgan fingerprint density at radius 2 is 0.688 bits per heavy atom. The van der Waals surface area contributed by atoms with Gasteiger partial charge in [0.05, 0.1) is 24.3 Å². The summed E-state index contributed by atoms with van der Waals surface area (Å²) in [6, 6.07) is 7.00. The normalized spacial score (nSPS) is 4.19. The van der Waals surface area contributed by atoms with E-state index in [2.05, 4.69) is 0 Å². The Morgan fingerprint density at radius 1 is 0.688 bits per heavy atom. The van der Waals surface area contributed by atoms with Gasteiger partial charge < -0.3 is 0 Å². The summed E-state index contributed by atoms with van der Waals surface area (Å²) in [4.78, 5) is 0. The van der Waals surface area contributed by atoms with Crippen LogP contribution in [0.2, 0.25) is 0 Å². The van der Waals surface area contributed by atoms with Crippen LogP contribution in [0.15, 0.2) is 0 Å². The topological polar surface area (TPSA) is 112 Å². The van der Waals surface area contributed by atoms with Crippen LogP contribution < -0.4 is 0 Å². The molecular weight excluding hydrogens is 224 g/mol. The number of rotatable bonds is 0. The fraction of sp³-hybridized carbons (Fsp3) is 0.600. The lowest BCUT2D eigenvalue weighted by Gasteiger charge is -1.60. The summed E-state index contributed by atoms with van der Waals surface area (Å²) < 4.78 is 9.56. The van der Waals surface area contributed by atoms with Gasteiger partial charge in [0.15, 0.2) is 0 Å². The Labute approximate surface area is 101 Å². The first-order valence-electron chi connectivity index (χ1n) is 3.88. The highest BCUT2D eigenvalue weighted by atomic mass is 32.2. The van der Waals surface area contributed by atoms with E-state index < -0.39 is 10.8 Å². The fourth-order valence-corrected chi connectivity index (χ4v) is 0. The summed E-state index contributed by atoms with van der Waals surface area (Å²) in [6.45, 7) is 5.72. The van der Waals surface area contributed by atoms with Crippen molar-refractivity contribution in [3.05, 3.63) is 0 Å². The lowest BCUT2D eigenvalue weighted by atomic mass is 11.0. The highest BCUT2D eigenvalue weighted by Gasteiger charge is 1.57. The van der Waals surface area contributed by atoms with Crippen LogP contribution in [0.4, 0.5) is 0 Å². The van der Waals surface area contributed by atoms with Crippen molar-refractivity contribution >= 4 is 10.8 Å². The second kappa shape index (κ2) is 73.6. The van der Waals surface area contributed by atoms with E-state index in [-0.39, 0.29) is 0 Å². The van der Waals surface area contributed by atoms with E-state index in [4.69, 9.17) is 21.0 Å². The van der Waals surface area contributed by atoms with Crippen molar-refractivity contribution in [2.45, 2.75) is 27.7 Å². The van der Waals surface area contributed by atoms with Crippen LogP contribution in [0, 0.1) is 45.3 Å². The van der Waals surface area contributed by atoms with E-state index in [0.717, 1.165) is 0 Å². The van der Waals surface area contributed by atoms with E-state index in [1.54, 1.807) is 36.8 Å². The Balaban J connectivity index is -0.0000000317. The molecule has 6 heteroatoms. The van der Waals surface area contributed by atoms with E-state index in [0.29, 0.717) is 0 Å². The van der Waals surface area contributed by atoms with Crippen LogP contribution in [-0.4, -0.2) is 16.7 Å². The van der Waals surface area contributed by atoms with Crippen molar-refractivity contribution in [1.29, 1.82) is 21.0 Å². The standard InChI is InChI=1S/4C2H3N.C2H6OS/c4*1-2-3;1-4(2)3/h4*1H3;1-2H3. The van der Waals surface area contributed by atoms with Crippen molar-refractivity contribution in [1.82, 2.24) is 0 Å². The van der Waals surface area contributed by atoms with Gasteiger partial charge in [-0.2, -0.15) is 21.0 Å². The Hall–Kier alpha value is -1.89. The number of hydrogen-bond acceptors (Lipinski definition) is 5. The third-order valence-corrected chi connectivity index (χ3v) is 0. The molecule has 0 aliphatic carbocycles. The minimum absolute atomic E-state index is 0.611. The van der Waals surface area contributed by atoms with Gasteiger partial charge in [-0.25, -0.2) is 0 Å². The number of hydrogen-bond donors (Lipinski definition) is 0. The van der Waals surface area contributed by atoms with Crippen LogP contribution >= 0.6 is 0 Å². The molecule has 0 spiro atoms. The van der Waals surface area contributed by atoms with Crippen LogP contribution in [0.1, 0.15) is 27.7 Å². The molecule has 0 saturated carbocycles. The van der Waals surface area contributed by atoms with Gasteiger partial charge >= 0.3 is 0 Å². The van der Waals surface area contributed by atoms with Crippen LogP contribution in [0.3, 0.4) is 0 Å². The predicted molar refractivity (Wildman–Crippen MR) is 65.1 cm³/mol. The minimum atomic E-state index is -0.611. The second-order valence-electron chi connectivity index (χ2n) is 1.64. The summed E-state index contributed by atoms with van der Waals surface area (Å²) in [6.07, 6.45) is 3.28. The lowest BCUT2D eigenvalue weighted by molar-refractivity contribution is 0.690. The molecule has 0 aromatic rings. The molecule has 0 radical (unpaired) electrons. The molecule has 0 N–H and O–H groups in total. The van der Waals surface area contributed by atoms with Gasteiger partial charge in [0, 0.05) is 51.0 Å². The predicted octanol–water partition coefficient (Wildman–Crippen LogP) is 2.11. The highest BCUT2D eigenvalue weighted by Crippen LogP contribution is 1.47. The van der Waals surface area contributed by atoms with Gasteiger partial charge in [-0.3, -0.25) is 4.21 Å². The number of nitriles is 4. The molecule has 0 aromatic heterocycles. The number of nitrogens with zero attached hydrogens (tertiary/aromatic N) is 4. The zero-order valence-electron chi connectivity index (χ0n) is 10.6. The molecule has 0 fully saturated rings. The second-order valence-corrected chi connectivity index (χ2v) is 3.12. The van der Waals surface area contributed by atoms with Gasteiger partial charge in [0.2, 0.25) is 0 Å². The molecular formula is C10H18N4OS. The quantitative estimate of drug-likeness (QED) is 0.645. The lowest BCUT2D eigenvalue weighted by Crippen LogP contribution is -1.70. The van der Waals surface area contributed by atoms with Gasteiger partial charge in [-0.1, -0.05) is 0 Å². The van der Waals surface area contributed by atoms with Crippen LogP contribution in [0.25, 0.3) is 0 Å². The first kappa shape index (κ1) is 29.2. The summed E-state index contributed by atoms with van der Waals surface area (Å²) in [5.74, 6) is 0. The Kier molecular flexibility index (Phi) is 134. The summed E-state index contributed by atoms with van der Waals surface area (Å²) in [5.41, 5.74) is 0. The zero-order chi connectivity index (χ0) is 14.4. The van der Waals surface area contributed by atoms with Crippen LogP contribution in [0.5, 0.6) is 0 Å². The first-order valence-corrected chi connectivity index (χ1v) is 5.84. The molecule has 0 aliphatic rings. The summed E-state index contributed by atoms with van der Waals surface area (Å²) in [5, 5.41) is 29.3. The maximum Gasteiger partial charge on any atom is 0.0587 e. The SMILES string of the molecule is CC#N.CC#N.CC#N.CC#N.CS(C)=O. The third-order valence-electron chi connectivity index (χ3n) is 0. The van der Waals surface area contributed by atoms with Gasteiger partial charge in [-0.05, 0) is 0 Å². The maximum absolute atomic E-state index is 9.56. The van der Waals surface area contributed by atoms with Crippen LogP contribution in [-0.2, 0) is 10.8 Å². The maximum atomic E-state index is 9.56. The molecule has 0 unspecified atom stereocenters. The van der Waals surface area contributed by atoms with Gasteiger partial charge in [0.25, 0.3) is 0 Å². The van der Waals surface area contributed by atoms with E-state index in [9.17, 15) is 4.21 Å². The van der Waals surface area contributed by atoms with Gasteiger partial charge in [-0.15, -0.1) is 0 Å². The molecule has 5 nitrogen and oxygen atoms in total. The monoisotopic (exact) mass is 242 g/mol. The van der Waals surface area contributed by atoms with E-state index >= 15 is 0 Å². The molecule has 0 rings (SSSR count). The first-order chi connectivity index (χ1) is 7.39. The zero-order valence-corrected chi connectivity index (χ0v) is 11.4. The Morgan fingerprint density at radius 3 is 0.688 bits per heavy atom. The minimum Gasteiger partial charge on any atom is -0.260 e. The van der Waals surface area contributed by atoms with E-state index in [1.807, 2.05) is 0 Å². The van der Waals surface area contributed by atoms with Crippen molar-refractivity contribution in [3.8, 4) is 24.3 Å². The summed E-state index contributed by atoms with van der Waals surface area (Å²) >= 11 is 0.